The Balaban J connectivity index is 2.58. The molecule has 1 heterocycles. The summed E-state index contributed by atoms with van der Waals surface area (Å²) >= 11 is 0. The quantitative estimate of drug-likeness (QED) is 0.778. The zero-order valence-electron chi connectivity index (χ0n) is 7.51. The lowest BCUT2D eigenvalue weighted by atomic mass is 10.3. The van der Waals surface area contributed by atoms with Crippen LogP contribution < -0.4 is 11.1 Å². The van der Waals surface area contributed by atoms with Crippen LogP contribution in [0.1, 0.15) is 10.5 Å². The van der Waals surface area contributed by atoms with Gasteiger partial charge >= 0.3 is 6.18 Å². The number of nitrogens with one attached hydrogen (secondary N) is 1. The first-order chi connectivity index (χ1) is 6.88. The second kappa shape index (κ2) is 4.16. The van der Waals surface area contributed by atoms with Crippen molar-refractivity contribution in [3.63, 3.8) is 0 Å². The van der Waals surface area contributed by atoms with Gasteiger partial charge in [0.25, 0.3) is 5.91 Å². The van der Waals surface area contributed by atoms with Gasteiger partial charge in [0.05, 0.1) is 11.9 Å². The number of hydrogen-bond donors (Lipinski definition) is 2. The summed E-state index contributed by atoms with van der Waals surface area (Å²) in [5.74, 6) is -0.882. The molecule has 0 unspecified atom stereocenters. The van der Waals surface area contributed by atoms with Gasteiger partial charge in [-0.15, -0.1) is 0 Å². The molecule has 4 nitrogen and oxygen atoms in total. The molecule has 15 heavy (non-hydrogen) atoms. The fourth-order valence-corrected chi connectivity index (χ4v) is 0.811. The molecule has 1 amide bonds. The van der Waals surface area contributed by atoms with Gasteiger partial charge in [-0.2, -0.15) is 13.2 Å². The number of rotatable bonds is 2. The van der Waals surface area contributed by atoms with Crippen molar-refractivity contribution in [3.8, 4) is 0 Å². The minimum absolute atomic E-state index is 0.103. The molecule has 1 aromatic rings. The molecule has 0 aliphatic rings. The monoisotopic (exact) mass is 219 g/mol. The smallest absolute Gasteiger partial charge is 0.397 e. The number of alkyl halides is 3. The molecule has 1 rings (SSSR count). The highest BCUT2D eigenvalue weighted by molar-refractivity contribution is 5.92. The number of nitrogen functional groups attached to an aromatic ring is 1. The van der Waals surface area contributed by atoms with E-state index in [9.17, 15) is 18.0 Å². The minimum Gasteiger partial charge on any atom is -0.397 e. The van der Waals surface area contributed by atoms with Crippen LogP contribution in [0.5, 0.6) is 0 Å². The zero-order valence-corrected chi connectivity index (χ0v) is 7.51. The van der Waals surface area contributed by atoms with Crippen molar-refractivity contribution in [2.75, 3.05) is 12.3 Å². The van der Waals surface area contributed by atoms with Crippen molar-refractivity contribution in [2.45, 2.75) is 6.18 Å². The highest BCUT2D eigenvalue weighted by Crippen LogP contribution is 2.12. The van der Waals surface area contributed by atoms with E-state index in [1.54, 1.807) is 5.32 Å². The molecule has 0 saturated heterocycles. The molecular weight excluding hydrogens is 211 g/mol. The molecule has 0 aliphatic carbocycles. The lowest BCUT2D eigenvalue weighted by Gasteiger charge is -2.07. The number of amides is 1. The Hall–Kier alpha value is -1.79. The van der Waals surface area contributed by atoms with E-state index < -0.39 is 18.6 Å². The summed E-state index contributed by atoms with van der Waals surface area (Å²) in [6.45, 7) is -1.38. The molecule has 0 aromatic carbocycles. The molecule has 7 heteroatoms. The van der Waals surface area contributed by atoms with Gasteiger partial charge < -0.3 is 11.1 Å². The second-order valence-corrected chi connectivity index (χ2v) is 2.77. The summed E-state index contributed by atoms with van der Waals surface area (Å²) in [5, 5.41) is 1.69. The largest absolute Gasteiger partial charge is 0.405 e. The Kier molecular flexibility index (Phi) is 3.13. The highest BCUT2D eigenvalue weighted by Gasteiger charge is 2.28. The first-order valence-corrected chi connectivity index (χ1v) is 3.95. The number of carbonyl (C=O) groups is 1. The molecule has 0 radical (unpaired) electrons. The fourth-order valence-electron chi connectivity index (χ4n) is 0.811. The van der Waals surface area contributed by atoms with Crippen LogP contribution in [0.4, 0.5) is 18.9 Å². The Labute approximate surface area is 83.3 Å². The number of pyridine rings is 1. The van der Waals surface area contributed by atoms with Crippen LogP contribution >= 0.6 is 0 Å². The summed E-state index contributed by atoms with van der Waals surface area (Å²) in [4.78, 5) is 14.7. The molecule has 0 saturated carbocycles. The Morgan fingerprint density at radius 1 is 1.47 bits per heavy atom. The third kappa shape index (κ3) is 3.84. The van der Waals surface area contributed by atoms with Crippen molar-refractivity contribution >= 4 is 11.6 Å². The van der Waals surface area contributed by atoms with Crippen LogP contribution in [-0.4, -0.2) is 23.6 Å². The summed E-state index contributed by atoms with van der Waals surface area (Å²) in [6.07, 6.45) is -3.23. The summed E-state index contributed by atoms with van der Waals surface area (Å²) < 4.78 is 35.2. The maximum absolute atomic E-state index is 11.7. The third-order valence-corrected chi connectivity index (χ3v) is 1.47. The topological polar surface area (TPSA) is 68.0 Å². The lowest BCUT2D eigenvalue weighted by Crippen LogP contribution is -2.34. The number of nitrogens with zero attached hydrogens (tertiary/aromatic N) is 1. The van der Waals surface area contributed by atoms with Crippen LogP contribution in [0.15, 0.2) is 18.3 Å². The number of carbonyl (C=O) groups excluding carboxylic acids is 1. The van der Waals surface area contributed by atoms with E-state index in [0.717, 1.165) is 0 Å². The maximum atomic E-state index is 11.7. The first kappa shape index (κ1) is 11.3. The Bertz CT molecular complexity index is 347. The van der Waals surface area contributed by atoms with Crippen molar-refractivity contribution in [1.29, 1.82) is 0 Å². The number of halogens is 3. The molecule has 82 valence electrons. The molecule has 1 aromatic heterocycles. The Morgan fingerprint density at radius 2 is 2.13 bits per heavy atom. The molecular formula is C8H8F3N3O. The van der Waals surface area contributed by atoms with Gasteiger partial charge in [-0.05, 0) is 12.1 Å². The van der Waals surface area contributed by atoms with Crippen LogP contribution in [0.3, 0.4) is 0 Å². The summed E-state index contributed by atoms with van der Waals surface area (Å²) in [6, 6.07) is 2.64. The van der Waals surface area contributed by atoms with E-state index in [1.807, 2.05) is 0 Å². The number of hydrogen-bond acceptors (Lipinski definition) is 3. The van der Waals surface area contributed by atoms with Gasteiger partial charge in [0.2, 0.25) is 0 Å². The van der Waals surface area contributed by atoms with Gasteiger partial charge in [0.15, 0.2) is 0 Å². The average Bonchev–Trinajstić information content (AvgIpc) is 2.14. The van der Waals surface area contributed by atoms with E-state index in [2.05, 4.69) is 4.98 Å². The molecule has 0 fully saturated rings. The molecule has 0 bridgehead atoms. The summed E-state index contributed by atoms with van der Waals surface area (Å²) in [7, 11) is 0. The van der Waals surface area contributed by atoms with E-state index in [-0.39, 0.29) is 5.69 Å². The number of anilines is 1. The average molecular weight is 219 g/mol. The van der Waals surface area contributed by atoms with E-state index in [1.165, 1.54) is 18.3 Å². The predicted octanol–water partition coefficient (Wildman–Crippen LogP) is 0.956. The normalized spacial score (nSPS) is 11.1. The maximum Gasteiger partial charge on any atom is 0.405 e. The van der Waals surface area contributed by atoms with Crippen molar-refractivity contribution in [1.82, 2.24) is 10.3 Å². The van der Waals surface area contributed by atoms with Crippen LogP contribution in [0.25, 0.3) is 0 Å². The standard InChI is InChI=1S/C8H8F3N3O/c9-8(10,11)4-14-7(15)6-2-1-5(12)3-13-6/h1-3H,4,12H2,(H,14,15). The third-order valence-electron chi connectivity index (χ3n) is 1.47. The van der Waals surface area contributed by atoms with Gasteiger partial charge in [-0.25, -0.2) is 4.98 Å². The first-order valence-electron chi connectivity index (χ1n) is 3.95. The predicted molar refractivity (Wildman–Crippen MR) is 47.0 cm³/mol. The van der Waals surface area contributed by atoms with Gasteiger partial charge in [0.1, 0.15) is 12.2 Å². The van der Waals surface area contributed by atoms with Gasteiger partial charge in [-0.1, -0.05) is 0 Å². The van der Waals surface area contributed by atoms with E-state index in [0.29, 0.717) is 5.69 Å². The van der Waals surface area contributed by atoms with Crippen LogP contribution in [-0.2, 0) is 0 Å². The molecule has 0 spiro atoms. The van der Waals surface area contributed by atoms with Crippen LogP contribution in [0.2, 0.25) is 0 Å². The van der Waals surface area contributed by atoms with Crippen molar-refractivity contribution in [3.05, 3.63) is 24.0 Å². The fraction of sp³-hybridized carbons (Fsp3) is 0.250. The minimum atomic E-state index is -4.43. The lowest BCUT2D eigenvalue weighted by molar-refractivity contribution is -0.123. The second-order valence-electron chi connectivity index (χ2n) is 2.77. The van der Waals surface area contributed by atoms with Crippen LogP contribution in [0, 0.1) is 0 Å². The highest BCUT2D eigenvalue weighted by atomic mass is 19.4. The van der Waals surface area contributed by atoms with E-state index >= 15 is 0 Å². The van der Waals surface area contributed by atoms with Gasteiger partial charge in [-0.3, -0.25) is 4.79 Å². The van der Waals surface area contributed by atoms with Gasteiger partial charge in [0, 0.05) is 0 Å². The molecule has 0 aliphatic heterocycles. The SMILES string of the molecule is Nc1ccc(C(=O)NCC(F)(F)F)nc1. The Morgan fingerprint density at radius 3 is 2.60 bits per heavy atom. The zero-order chi connectivity index (χ0) is 11.5. The van der Waals surface area contributed by atoms with Crippen molar-refractivity contribution < 1.29 is 18.0 Å². The number of nitrogens with two attached hydrogens (primary N) is 1. The van der Waals surface area contributed by atoms with E-state index in [4.69, 9.17) is 5.73 Å². The molecule has 0 atom stereocenters. The summed E-state index contributed by atoms with van der Waals surface area (Å²) in [5.41, 5.74) is 5.53. The van der Waals surface area contributed by atoms with Crippen molar-refractivity contribution in [2.24, 2.45) is 0 Å². The molecule has 3 N–H and O–H groups in total. The number of aromatic nitrogens is 1.